The SMILES string of the molecule is CCC(=O)O[C@@]1(C(=O)CO)[C@H](C)C[C@H]2[C@@H]3CCC4=CC(=O)C=C[C@]4(C)[C@@]34O[C@H]4C[C@@]21C. The van der Waals surface area contributed by atoms with Crippen molar-refractivity contribution in [2.75, 3.05) is 6.61 Å². The fourth-order valence-corrected chi connectivity index (χ4v) is 8.21. The van der Waals surface area contributed by atoms with Crippen molar-refractivity contribution < 1.29 is 29.0 Å². The van der Waals surface area contributed by atoms with Gasteiger partial charge in [-0.3, -0.25) is 14.4 Å². The fourth-order valence-electron chi connectivity index (χ4n) is 8.21. The van der Waals surface area contributed by atoms with Gasteiger partial charge in [0.25, 0.3) is 0 Å². The van der Waals surface area contributed by atoms with Crippen molar-refractivity contribution in [3.8, 4) is 0 Å². The molecular weight excluding hydrogens is 396 g/mol. The fraction of sp³-hybridized carbons (Fsp3) is 0.720. The van der Waals surface area contributed by atoms with Gasteiger partial charge in [0, 0.05) is 23.2 Å². The number of aliphatic hydroxyl groups is 1. The summed E-state index contributed by atoms with van der Waals surface area (Å²) in [6.45, 7) is 7.31. The minimum Gasteiger partial charge on any atom is -0.450 e. The van der Waals surface area contributed by atoms with Crippen LogP contribution in [0.4, 0.5) is 0 Å². The normalized spacial score (nSPS) is 49.3. The molecule has 0 unspecified atom stereocenters. The molecule has 1 saturated heterocycles. The Kier molecular flexibility index (Phi) is 4.34. The van der Waals surface area contributed by atoms with Crippen LogP contribution in [0.1, 0.15) is 59.8 Å². The van der Waals surface area contributed by atoms with Gasteiger partial charge in [0.2, 0.25) is 5.78 Å². The molecule has 0 aromatic heterocycles. The van der Waals surface area contributed by atoms with Gasteiger partial charge in [0.1, 0.15) is 12.2 Å². The molecule has 5 rings (SSSR count). The number of fused-ring (bicyclic) bond motifs is 3. The standard InChI is InChI=1S/C25H32O6/c1-5-21(29)31-24(19(28)13-26)14(2)10-18-17-7-6-15-11-16(27)8-9-22(15,3)25(17)20(30-25)12-23(18,24)4/h8-9,11,14,17-18,20,26H,5-7,10,12-13H2,1-4H3/t14-,17+,18+,20+,22+,23+,24-,25-/m1/s1. The molecule has 1 heterocycles. The summed E-state index contributed by atoms with van der Waals surface area (Å²) in [7, 11) is 0. The lowest BCUT2D eigenvalue weighted by Crippen LogP contribution is -2.63. The number of ether oxygens (including phenoxy) is 2. The molecule has 0 bridgehead atoms. The second kappa shape index (κ2) is 6.38. The summed E-state index contributed by atoms with van der Waals surface area (Å²) in [5.74, 6) is -0.614. The number of aliphatic hydroxyl groups excluding tert-OH is 1. The van der Waals surface area contributed by atoms with Crippen LogP contribution in [0.2, 0.25) is 0 Å². The van der Waals surface area contributed by atoms with Gasteiger partial charge in [-0.1, -0.05) is 32.4 Å². The molecule has 0 amide bonds. The molecule has 1 aliphatic heterocycles. The Hall–Kier alpha value is -1.79. The number of epoxide rings is 1. The lowest BCUT2D eigenvalue weighted by molar-refractivity contribution is -0.193. The minimum absolute atomic E-state index is 0.0358. The van der Waals surface area contributed by atoms with E-state index in [1.165, 1.54) is 0 Å². The Morgan fingerprint density at radius 3 is 2.71 bits per heavy atom. The van der Waals surface area contributed by atoms with E-state index in [9.17, 15) is 19.5 Å². The number of Topliss-reactive ketones (excluding diaryl/α,β-unsaturated/α-hetero) is 1. The Bertz CT molecular complexity index is 934. The van der Waals surface area contributed by atoms with Crippen LogP contribution in [0.5, 0.6) is 0 Å². The molecule has 168 valence electrons. The largest absolute Gasteiger partial charge is 0.450 e. The first-order valence-corrected chi connectivity index (χ1v) is 11.6. The number of carbonyl (C=O) groups is 3. The molecular formula is C25H32O6. The van der Waals surface area contributed by atoms with Crippen molar-refractivity contribution in [3.63, 3.8) is 0 Å². The summed E-state index contributed by atoms with van der Waals surface area (Å²) < 4.78 is 12.5. The van der Waals surface area contributed by atoms with Gasteiger partial charge >= 0.3 is 5.97 Å². The zero-order valence-corrected chi connectivity index (χ0v) is 18.8. The highest BCUT2D eigenvalue weighted by Crippen LogP contribution is 2.76. The highest BCUT2D eigenvalue weighted by molar-refractivity contribution is 6.01. The van der Waals surface area contributed by atoms with E-state index < -0.39 is 29.4 Å². The van der Waals surface area contributed by atoms with Crippen molar-refractivity contribution in [2.45, 2.75) is 77.1 Å². The maximum atomic E-state index is 13.2. The number of hydrogen-bond donors (Lipinski definition) is 1. The van der Waals surface area contributed by atoms with Crippen LogP contribution in [0, 0.1) is 28.6 Å². The van der Waals surface area contributed by atoms with Gasteiger partial charge in [-0.05, 0) is 56.6 Å². The van der Waals surface area contributed by atoms with E-state index >= 15 is 0 Å². The first kappa shape index (κ1) is 21.1. The summed E-state index contributed by atoms with van der Waals surface area (Å²) in [5, 5.41) is 9.88. The summed E-state index contributed by atoms with van der Waals surface area (Å²) in [4.78, 5) is 37.7. The molecule has 0 radical (unpaired) electrons. The van der Waals surface area contributed by atoms with E-state index in [-0.39, 0.29) is 47.1 Å². The molecule has 5 aliphatic rings. The van der Waals surface area contributed by atoms with E-state index in [0.717, 1.165) is 24.8 Å². The van der Waals surface area contributed by atoms with Crippen molar-refractivity contribution in [1.82, 2.24) is 0 Å². The maximum absolute atomic E-state index is 13.2. The van der Waals surface area contributed by atoms with Gasteiger partial charge in [-0.2, -0.15) is 0 Å². The third-order valence-corrected chi connectivity index (χ3v) is 9.59. The number of ketones is 2. The van der Waals surface area contributed by atoms with Gasteiger partial charge in [0.05, 0.1) is 6.10 Å². The molecule has 6 heteroatoms. The van der Waals surface area contributed by atoms with E-state index in [1.54, 1.807) is 19.1 Å². The predicted molar refractivity (Wildman–Crippen MR) is 112 cm³/mol. The van der Waals surface area contributed by atoms with Crippen molar-refractivity contribution in [2.24, 2.45) is 28.6 Å². The molecule has 1 spiro atoms. The average molecular weight is 429 g/mol. The second-order valence-corrected chi connectivity index (χ2v) is 10.7. The topological polar surface area (TPSA) is 93.2 Å². The third-order valence-electron chi connectivity index (χ3n) is 9.59. The molecule has 0 aromatic carbocycles. The van der Waals surface area contributed by atoms with E-state index in [1.807, 2.05) is 13.0 Å². The monoisotopic (exact) mass is 428 g/mol. The Labute approximate surface area is 183 Å². The number of carbonyl (C=O) groups excluding carboxylic acids is 3. The molecule has 3 saturated carbocycles. The highest BCUT2D eigenvalue weighted by atomic mass is 16.6. The van der Waals surface area contributed by atoms with Gasteiger partial charge in [-0.15, -0.1) is 0 Å². The lowest BCUT2D eigenvalue weighted by atomic mass is 9.46. The van der Waals surface area contributed by atoms with Crippen LogP contribution >= 0.6 is 0 Å². The van der Waals surface area contributed by atoms with Crippen LogP contribution in [0.15, 0.2) is 23.8 Å². The number of esters is 1. The molecule has 6 nitrogen and oxygen atoms in total. The number of allylic oxidation sites excluding steroid dienone is 2. The van der Waals surface area contributed by atoms with Crippen LogP contribution in [-0.2, 0) is 23.9 Å². The van der Waals surface area contributed by atoms with Crippen LogP contribution in [0.25, 0.3) is 0 Å². The summed E-state index contributed by atoms with van der Waals surface area (Å²) in [6, 6.07) is 0. The van der Waals surface area contributed by atoms with Gasteiger partial charge < -0.3 is 14.6 Å². The minimum atomic E-state index is -1.33. The average Bonchev–Trinajstić information content (AvgIpc) is 3.41. The first-order chi connectivity index (χ1) is 14.6. The van der Waals surface area contributed by atoms with Crippen molar-refractivity contribution in [1.29, 1.82) is 0 Å². The zero-order valence-electron chi connectivity index (χ0n) is 18.8. The quantitative estimate of drug-likeness (QED) is 0.547. The Morgan fingerprint density at radius 1 is 1.29 bits per heavy atom. The smallest absolute Gasteiger partial charge is 0.306 e. The Morgan fingerprint density at radius 2 is 2.03 bits per heavy atom. The van der Waals surface area contributed by atoms with Crippen molar-refractivity contribution in [3.05, 3.63) is 23.8 Å². The van der Waals surface area contributed by atoms with E-state index in [4.69, 9.17) is 9.47 Å². The molecule has 8 atom stereocenters. The maximum Gasteiger partial charge on any atom is 0.306 e. The summed E-state index contributed by atoms with van der Waals surface area (Å²) in [6.07, 6.45) is 8.65. The van der Waals surface area contributed by atoms with Crippen LogP contribution in [-0.4, -0.2) is 46.6 Å². The predicted octanol–water partition coefficient (Wildman–Crippen LogP) is 2.93. The second-order valence-electron chi connectivity index (χ2n) is 10.7. The summed E-state index contributed by atoms with van der Waals surface area (Å²) >= 11 is 0. The summed E-state index contributed by atoms with van der Waals surface area (Å²) in [5.41, 5.74) is -1.48. The molecule has 4 aliphatic carbocycles. The Balaban J connectivity index is 1.60. The van der Waals surface area contributed by atoms with Crippen molar-refractivity contribution >= 4 is 17.5 Å². The van der Waals surface area contributed by atoms with Crippen LogP contribution < -0.4 is 0 Å². The van der Waals surface area contributed by atoms with E-state index in [0.29, 0.717) is 6.42 Å². The molecule has 1 N–H and O–H groups in total. The highest BCUT2D eigenvalue weighted by Gasteiger charge is 2.82. The van der Waals surface area contributed by atoms with Gasteiger partial charge in [0.15, 0.2) is 11.4 Å². The van der Waals surface area contributed by atoms with E-state index in [2.05, 4.69) is 13.8 Å². The van der Waals surface area contributed by atoms with Crippen LogP contribution in [0.3, 0.4) is 0 Å². The van der Waals surface area contributed by atoms with Gasteiger partial charge in [-0.25, -0.2) is 0 Å². The molecule has 4 fully saturated rings. The lowest BCUT2D eigenvalue weighted by Gasteiger charge is -2.56. The third kappa shape index (κ3) is 2.28. The molecule has 31 heavy (non-hydrogen) atoms. The number of hydrogen-bond acceptors (Lipinski definition) is 6. The number of rotatable bonds is 4. The zero-order chi connectivity index (χ0) is 22.4. The molecule has 0 aromatic rings. The first-order valence-electron chi connectivity index (χ1n) is 11.6.